The Morgan fingerprint density at radius 3 is 2.90 bits per heavy atom. The van der Waals surface area contributed by atoms with E-state index in [9.17, 15) is 4.79 Å². The zero-order valence-electron chi connectivity index (χ0n) is 11.4. The number of hydrogen-bond donors (Lipinski definition) is 0. The minimum atomic E-state index is -0.0908. The van der Waals surface area contributed by atoms with Gasteiger partial charge in [0.1, 0.15) is 0 Å². The number of ether oxygens (including phenoxy) is 2. The van der Waals surface area contributed by atoms with Gasteiger partial charge in [0.05, 0.1) is 19.8 Å². The molecule has 1 aromatic heterocycles. The molecule has 1 aliphatic heterocycles. The van der Waals surface area contributed by atoms with E-state index >= 15 is 0 Å². The molecule has 1 fully saturated rings. The Morgan fingerprint density at radius 1 is 1.35 bits per heavy atom. The number of furan rings is 1. The number of nitrogens with zero attached hydrogens (tertiary/aromatic N) is 1. The average molecular weight is 275 g/mol. The van der Waals surface area contributed by atoms with Crippen molar-refractivity contribution in [2.24, 2.45) is 0 Å². The fraction of sp³-hybridized carbons (Fsp3) is 0.400. The first-order chi connectivity index (χ1) is 9.79. The van der Waals surface area contributed by atoms with Crippen LogP contribution < -0.4 is 4.74 Å². The third-order valence-corrected chi connectivity index (χ3v) is 3.32. The van der Waals surface area contributed by atoms with Crippen LogP contribution in [0.5, 0.6) is 5.75 Å². The summed E-state index contributed by atoms with van der Waals surface area (Å²) in [6.07, 6.45) is 0. The van der Waals surface area contributed by atoms with Crippen LogP contribution in [0.1, 0.15) is 17.5 Å². The van der Waals surface area contributed by atoms with Crippen molar-refractivity contribution < 1.29 is 18.7 Å². The molecule has 0 atom stereocenters. The predicted octanol–water partition coefficient (Wildman–Crippen LogP) is 2.30. The molecule has 3 rings (SSSR count). The predicted molar refractivity (Wildman–Crippen MR) is 74.1 cm³/mol. The lowest BCUT2D eigenvalue weighted by molar-refractivity contribution is 0.0284. The van der Waals surface area contributed by atoms with Gasteiger partial charge in [0.2, 0.25) is 0 Å². The third-order valence-electron chi connectivity index (χ3n) is 3.32. The normalized spacial score (nSPS) is 15.6. The molecule has 2 heterocycles. The summed E-state index contributed by atoms with van der Waals surface area (Å²) in [5.74, 6) is 0.937. The number of carbonyl (C=O) groups is 1. The van der Waals surface area contributed by atoms with Crippen LogP contribution in [0.15, 0.2) is 28.7 Å². The van der Waals surface area contributed by atoms with E-state index in [0.717, 1.165) is 5.39 Å². The Balaban J connectivity index is 1.92. The lowest BCUT2D eigenvalue weighted by Gasteiger charge is -2.25. The van der Waals surface area contributed by atoms with Crippen LogP contribution >= 0.6 is 0 Å². The van der Waals surface area contributed by atoms with Crippen molar-refractivity contribution in [3.63, 3.8) is 0 Å². The van der Waals surface area contributed by atoms with E-state index < -0.39 is 0 Å². The largest absolute Gasteiger partial charge is 0.490 e. The lowest BCUT2D eigenvalue weighted by atomic mass is 10.2. The van der Waals surface area contributed by atoms with Crippen molar-refractivity contribution in [1.29, 1.82) is 0 Å². The number of hydrogen-bond acceptors (Lipinski definition) is 4. The van der Waals surface area contributed by atoms with E-state index in [0.29, 0.717) is 50.0 Å². The number of para-hydroxylation sites is 1. The number of benzene rings is 1. The van der Waals surface area contributed by atoms with Gasteiger partial charge in [-0.15, -0.1) is 0 Å². The van der Waals surface area contributed by atoms with E-state index in [2.05, 4.69) is 0 Å². The fourth-order valence-corrected chi connectivity index (χ4v) is 2.33. The van der Waals surface area contributed by atoms with Crippen LogP contribution in [0.2, 0.25) is 0 Å². The molecule has 106 valence electrons. The van der Waals surface area contributed by atoms with Crippen molar-refractivity contribution in [2.45, 2.75) is 6.92 Å². The standard InChI is InChI=1S/C15H17NO4/c1-2-19-12-5-3-4-11-10-13(20-14(11)12)15(17)16-6-8-18-9-7-16/h3-5,10H,2,6-9H2,1H3. The smallest absolute Gasteiger partial charge is 0.289 e. The number of rotatable bonds is 3. The van der Waals surface area contributed by atoms with Crippen molar-refractivity contribution in [3.8, 4) is 5.75 Å². The molecule has 20 heavy (non-hydrogen) atoms. The van der Waals surface area contributed by atoms with Gasteiger partial charge in [-0.05, 0) is 19.1 Å². The molecular weight excluding hydrogens is 258 g/mol. The minimum absolute atomic E-state index is 0.0908. The summed E-state index contributed by atoms with van der Waals surface area (Å²) in [7, 11) is 0. The molecule has 1 saturated heterocycles. The zero-order chi connectivity index (χ0) is 13.9. The van der Waals surface area contributed by atoms with E-state index in [1.54, 1.807) is 11.0 Å². The Hall–Kier alpha value is -2.01. The Labute approximate surface area is 117 Å². The molecule has 1 amide bonds. The van der Waals surface area contributed by atoms with Crippen LogP contribution in [0.25, 0.3) is 11.0 Å². The lowest BCUT2D eigenvalue weighted by Crippen LogP contribution is -2.40. The second kappa shape index (κ2) is 5.54. The van der Waals surface area contributed by atoms with Crippen molar-refractivity contribution in [2.75, 3.05) is 32.9 Å². The topological polar surface area (TPSA) is 51.9 Å². The highest BCUT2D eigenvalue weighted by atomic mass is 16.5. The van der Waals surface area contributed by atoms with Gasteiger partial charge in [-0.3, -0.25) is 4.79 Å². The van der Waals surface area contributed by atoms with Gasteiger partial charge >= 0.3 is 0 Å². The van der Waals surface area contributed by atoms with Gasteiger partial charge < -0.3 is 18.8 Å². The Bertz CT molecular complexity index is 613. The summed E-state index contributed by atoms with van der Waals surface area (Å²) >= 11 is 0. The second-order valence-electron chi connectivity index (χ2n) is 4.62. The number of carbonyl (C=O) groups excluding carboxylic acids is 1. The molecule has 5 nitrogen and oxygen atoms in total. The minimum Gasteiger partial charge on any atom is -0.490 e. The Morgan fingerprint density at radius 2 is 2.15 bits per heavy atom. The first kappa shape index (κ1) is 13.0. The quantitative estimate of drug-likeness (QED) is 0.862. The molecule has 0 spiro atoms. The van der Waals surface area contributed by atoms with E-state index in [1.807, 2.05) is 25.1 Å². The first-order valence-electron chi connectivity index (χ1n) is 6.82. The SMILES string of the molecule is CCOc1cccc2cc(C(=O)N3CCOCC3)oc12. The van der Waals surface area contributed by atoms with Gasteiger partial charge in [-0.1, -0.05) is 12.1 Å². The summed E-state index contributed by atoms with van der Waals surface area (Å²) in [6.45, 7) is 4.85. The van der Waals surface area contributed by atoms with Gasteiger partial charge in [0, 0.05) is 18.5 Å². The van der Waals surface area contributed by atoms with Gasteiger partial charge in [-0.2, -0.15) is 0 Å². The van der Waals surface area contributed by atoms with Crippen LogP contribution in [0.4, 0.5) is 0 Å². The summed E-state index contributed by atoms with van der Waals surface area (Å²) < 4.78 is 16.5. The average Bonchev–Trinajstić information content (AvgIpc) is 2.93. The molecule has 0 saturated carbocycles. The number of morpholine rings is 1. The highest BCUT2D eigenvalue weighted by Gasteiger charge is 2.22. The zero-order valence-corrected chi connectivity index (χ0v) is 11.4. The molecule has 2 aromatic rings. The van der Waals surface area contributed by atoms with Crippen LogP contribution in [-0.4, -0.2) is 43.7 Å². The summed E-state index contributed by atoms with van der Waals surface area (Å²) in [4.78, 5) is 14.1. The molecule has 0 bridgehead atoms. The van der Waals surface area contributed by atoms with Gasteiger partial charge in [-0.25, -0.2) is 0 Å². The molecule has 1 aliphatic rings. The fourth-order valence-electron chi connectivity index (χ4n) is 2.33. The Kier molecular flexibility index (Phi) is 3.60. The third kappa shape index (κ3) is 2.36. The number of amides is 1. The van der Waals surface area contributed by atoms with Crippen molar-refractivity contribution >= 4 is 16.9 Å². The number of fused-ring (bicyclic) bond motifs is 1. The van der Waals surface area contributed by atoms with E-state index in [4.69, 9.17) is 13.9 Å². The maximum Gasteiger partial charge on any atom is 0.289 e. The van der Waals surface area contributed by atoms with E-state index in [-0.39, 0.29) is 5.91 Å². The molecular formula is C15H17NO4. The van der Waals surface area contributed by atoms with Gasteiger partial charge in [0.25, 0.3) is 5.91 Å². The maximum absolute atomic E-state index is 12.4. The van der Waals surface area contributed by atoms with Gasteiger partial charge in [0.15, 0.2) is 17.1 Å². The molecule has 0 unspecified atom stereocenters. The maximum atomic E-state index is 12.4. The van der Waals surface area contributed by atoms with Crippen molar-refractivity contribution in [1.82, 2.24) is 4.90 Å². The van der Waals surface area contributed by atoms with Crippen LogP contribution in [0.3, 0.4) is 0 Å². The van der Waals surface area contributed by atoms with Crippen LogP contribution in [-0.2, 0) is 4.74 Å². The second-order valence-corrected chi connectivity index (χ2v) is 4.62. The van der Waals surface area contributed by atoms with Crippen LogP contribution in [0, 0.1) is 0 Å². The molecule has 1 aromatic carbocycles. The summed E-state index contributed by atoms with van der Waals surface area (Å²) in [5.41, 5.74) is 0.631. The monoisotopic (exact) mass is 275 g/mol. The highest BCUT2D eigenvalue weighted by molar-refractivity contribution is 5.97. The molecule has 0 N–H and O–H groups in total. The molecule has 5 heteroatoms. The van der Waals surface area contributed by atoms with Crippen molar-refractivity contribution in [3.05, 3.63) is 30.0 Å². The summed E-state index contributed by atoms with van der Waals surface area (Å²) in [6, 6.07) is 7.43. The van der Waals surface area contributed by atoms with E-state index in [1.165, 1.54) is 0 Å². The molecule has 0 aliphatic carbocycles. The highest BCUT2D eigenvalue weighted by Crippen LogP contribution is 2.29. The summed E-state index contributed by atoms with van der Waals surface area (Å²) in [5, 5.41) is 0.882. The first-order valence-corrected chi connectivity index (χ1v) is 6.82. The molecule has 0 radical (unpaired) electrons.